The zero-order valence-electron chi connectivity index (χ0n) is 21.2. The standard InChI is InChI=1S/C28H47N3O3/c1-2-34-19-10-9-17-28(33,24-14-7-4-8-15-24)25-16-11-18-31(22-25)27(32)30-26(21-29)20-23-12-5-3-6-13-23/h4,7-8,14-15,23,25-26,33H,2-3,5-6,9-13,16-22,29H2,1H3,(H,30,32). The van der Waals surface area contributed by atoms with Crippen molar-refractivity contribution < 1.29 is 14.6 Å². The molecular weight excluding hydrogens is 426 g/mol. The monoisotopic (exact) mass is 473 g/mol. The second-order valence-electron chi connectivity index (χ2n) is 10.4. The first-order chi connectivity index (χ1) is 16.6. The van der Waals surface area contributed by atoms with Gasteiger partial charge in [0, 0.05) is 44.8 Å². The fourth-order valence-electron chi connectivity index (χ4n) is 5.91. The van der Waals surface area contributed by atoms with E-state index in [0.717, 1.165) is 57.4 Å². The number of nitrogens with zero attached hydrogens (tertiary/aromatic N) is 1. The number of hydrogen-bond donors (Lipinski definition) is 3. The minimum atomic E-state index is -0.943. The van der Waals surface area contributed by atoms with Gasteiger partial charge in [0.25, 0.3) is 0 Å². The first-order valence-electron chi connectivity index (χ1n) is 13.7. The molecule has 0 aromatic heterocycles. The van der Waals surface area contributed by atoms with E-state index in [1.165, 1.54) is 32.1 Å². The molecule has 1 saturated heterocycles. The van der Waals surface area contributed by atoms with Crippen molar-refractivity contribution in [2.75, 3.05) is 32.8 Å². The Balaban J connectivity index is 1.62. The summed E-state index contributed by atoms with van der Waals surface area (Å²) in [6.45, 7) is 5.24. The molecule has 0 bridgehead atoms. The summed E-state index contributed by atoms with van der Waals surface area (Å²) in [5.41, 5.74) is 6.06. The second-order valence-corrected chi connectivity index (χ2v) is 10.4. The van der Waals surface area contributed by atoms with Gasteiger partial charge in [-0.1, -0.05) is 62.4 Å². The summed E-state index contributed by atoms with van der Waals surface area (Å²) in [6.07, 6.45) is 11.7. The average Bonchev–Trinajstić information content (AvgIpc) is 2.89. The van der Waals surface area contributed by atoms with Crippen molar-refractivity contribution in [3.8, 4) is 0 Å². The SMILES string of the molecule is CCOCCCCC(O)(c1ccccc1)C1CCCN(C(=O)NC(CN)CC2CCCCC2)C1. The van der Waals surface area contributed by atoms with E-state index in [4.69, 9.17) is 10.5 Å². The number of hydrogen-bond acceptors (Lipinski definition) is 4. The molecule has 3 atom stereocenters. The number of aliphatic hydroxyl groups is 1. The molecule has 1 aliphatic carbocycles. The van der Waals surface area contributed by atoms with Crippen molar-refractivity contribution >= 4 is 6.03 Å². The maximum Gasteiger partial charge on any atom is 0.317 e. The Kier molecular flexibility index (Phi) is 11.1. The molecule has 2 aliphatic rings. The van der Waals surface area contributed by atoms with E-state index in [0.29, 0.717) is 25.4 Å². The van der Waals surface area contributed by atoms with Gasteiger partial charge in [-0.05, 0) is 56.9 Å². The molecule has 1 aliphatic heterocycles. The van der Waals surface area contributed by atoms with Crippen LogP contribution in [0.4, 0.5) is 4.79 Å². The van der Waals surface area contributed by atoms with Crippen LogP contribution in [0.1, 0.15) is 83.1 Å². The molecule has 0 spiro atoms. The lowest BCUT2D eigenvalue weighted by atomic mass is 9.74. The van der Waals surface area contributed by atoms with Gasteiger partial charge in [-0.3, -0.25) is 0 Å². The Morgan fingerprint density at radius 1 is 1.18 bits per heavy atom. The van der Waals surface area contributed by atoms with Crippen molar-refractivity contribution in [1.29, 1.82) is 0 Å². The lowest BCUT2D eigenvalue weighted by Crippen LogP contribution is -2.53. The van der Waals surface area contributed by atoms with Gasteiger partial charge >= 0.3 is 6.03 Å². The Morgan fingerprint density at radius 3 is 2.65 bits per heavy atom. The van der Waals surface area contributed by atoms with Crippen molar-refractivity contribution in [2.45, 2.75) is 89.2 Å². The summed E-state index contributed by atoms with van der Waals surface area (Å²) < 4.78 is 5.50. The summed E-state index contributed by atoms with van der Waals surface area (Å²) in [6, 6.07) is 10.0. The molecule has 6 nitrogen and oxygen atoms in total. The predicted octanol–water partition coefficient (Wildman–Crippen LogP) is 4.80. The van der Waals surface area contributed by atoms with Gasteiger partial charge in [-0.2, -0.15) is 0 Å². The third-order valence-corrected chi connectivity index (χ3v) is 7.91. The highest BCUT2D eigenvalue weighted by Gasteiger charge is 2.41. The van der Waals surface area contributed by atoms with Gasteiger partial charge < -0.3 is 25.8 Å². The smallest absolute Gasteiger partial charge is 0.317 e. The van der Waals surface area contributed by atoms with E-state index in [-0.39, 0.29) is 18.0 Å². The fraction of sp³-hybridized carbons (Fsp3) is 0.750. The van der Waals surface area contributed by atoms with E-state index in [1.807, 2.05) is 42.2 Å². The minimum absolute atomic E-state index is 0.0103. The highest BCUT2D eigenvalue weighted by Crippen LogP contribution is 2.39. The molecule has 34 heavy (non-hydrogen) atoms. The Labute approximate surface area is 206 Å². The number of carbonyl (C=O) groups excluding carboxylic acids is 1. The van der Waals surface area contributed by atoms with Crippen molar-refractivity contribution in [3.63, 3.8) is 0 Å². The second kappa shape index (κ2) is 14.1. The van der Waals surface area contributed by atoms with E-state index in [2.05, 4.69) is 5.32 Å². The molecule has 1 aromatic carbocycles. The van der Waals surface area contributed by atoms with Crippen molar-refractivity contribution in [3.05, 3.63) is 35.9 Å². The van der Waals surface area contributed by atoms with Gasteiger partial charge in [0.1, 0.15) is 0 Å². The third-order valence-electron chi connectivity index (χ3n) is 7.91. The largest absolute Gasteiger partial charge is 0.385 e. The molecule has 3 rings (SSSR count). The summed E-state index contributed by atoms with van der Waals surface area (Å²) in [4.78, 5) is 15.1. The molecule has 4 N–H and O–H groups in total. The fourth-order valence-corrected chi connectivity index (χ4v) is 5.91. The van der Waals surface area contributed by atoms with Crippen LogP contribution in [-0.4, -0.2) is 54.9 Å². The number of carbonyl (C=O) groups is 1. The van der Waals surface area contributed by atoms with Gasteiger partial charge in [0.2, 0.25) is 0 Å². The Bertz CT molecular complexity index is 710. The average molecular weight is 474 g/mol. The highest BCUT2D eigenvalue weighted by atomic mass is 16.5. The number of amides is 2. The van der Waals surface area contributed by atoms with E-state index in [9.17, 15) is 9.90 Å². The minimum Gasteiger partial charge on any atom is -0.385 e. The quantitative estimate of drug-likeness (QED) is 0.381. The number of likely N-dealkylation sites (tertiary alicyclic amines) is 1. The van der Waals surface area contributed by atoms with Crippen molar-refractivity contribution in [1.82, 2.24) is 10.2 Å². The lowest BCUT2D eigenvalue weighted by Gasteiger charge is -2.43. The maximum atomic E-state index is 13.2. The molecule has 1 aromatic rings. The molecular formula is C28H47N3O3. The first-order valence-corrected chi connectivity index (χ1v) is 13.7. The maximum absolute atomic E-state index is 13.2. The first kappa shape index (κ1) is 27.0. The van der Waals surface area contributed by atoms with E-state index < -0.39 is 5.60 Å². The number of unbranched alkanes of at least 4 members (excludes halogenated alkanes) is 1. The van der Waals surface area contributed by atoms with E-state index in [1.54, 1.807) is 0 Å². The predicted molar refractivity (Wildman–Crippen MR) is 138 cm³/mol. The summed E-state index contributed by atoms with van der Waals surface area (Å²) in [7, 11) is 0. The van der Waals surface area contributed by atoms with Crippen LogP contribution in [0.2, 0.25) is 0 Å². The number of nitrogens with one attached hydrogen (secondary N) is 1. The van der Waals surface area contributed by atoms with Gasteiger partial charge in [0.05, 0.1) is 5.60 Å². The molecule has 2 fully saturated rings. The normalized spacial score (nSPS) is 22.2. The van der Waals surface area contributed by atoms with Crippen LogP contribution in [0.3, 0.4) is 0 Å². The number of piperidine rings is 1. The van der Waals surface area contributed by atoms with Crippen LogP contribution in [0, 0.1) is 11.8 Å². The van der Waals surface area contributed by atoms with Crippen LogP contribution in [0.15, 0.2) is 30.3 Å². The van der Waals surface area contributed by atoms with Crippen LogP contribution in [0.5, 0.6) is 0 Å². The molecule has 1 heterocycles. The van der Waals surface area contributed by atoms with Gasteiger partial charge in [-0.15, -0.1) is 0 Å². The number of ether oxygens (including phenoxy) is 1. The van der Waals surface area contributed by atoms with Crippen LogP contribution >= 0.6 is 0 Å². The molecule has 1 saturated carbocycles. The van der Waals surface area contributed by atoms with Crippen LogP contribution < -0.4 is 11.1 Å². The summed E-state index contributed by atoms with van der Waals surface area (Å²) in [5, 5.41) is 15.2. The molecule has 0 radical (unpaired) electrons. The Hall–Kier alpha value is -1.63. The van der Waals surface area contributed by atoms with Gasteiger partial charge in [0.15, 0.2) is 0 Å². The molecule has 3 unspecified atom stereocenters. The summed E-state index contributed by atoms with van der Waals surface area (Å²) in [5.74, 6) is 0.688. The van der Waals surface area contributed by atoms with Crippen molar-refractivity contribution in [2.24, 2.45) is 17.6 Å². The third kappa shape index (κ3) is 7.69. The van der Waals surface area contributed by atoms with Crippen LogP contribution in [0.25, 0.3) is 0 Å². The molecule has 2 amide bonds. The zero-order chi connectivity index (χ0) is 24.2. The highest BCUT2D eigenvalue weighted by molar-refractivity contribution is 5.74. The lowest BCUT2D eigenvalue weighted by molar-refractivity contribution is -0.0565. The number of benzene rings is 1. The molecule has 192 valence electrons. The number of nitrogens with two attached hydrogens (primary N) is 1. The molecule has 6 heteroatoms. The van der Waals surface area contributed by atoms with Crippen LogP contribution in [-0.2, 0) is 10.3 Å². The van der Waals surface area contributed by atoms with E-state index >= 15 is 0 Å². The zero-order valence-corrected chi connectivity index (χ0v) is 21.2. The topological polar surface area (TPSA) is 87.8 Å². The Morgan fingerprint density at radius 2 is 1.94 bits per heavy atom. The number of rotatable bonds is 12. The van der Waals surface area contributed by atoms with Gasteiger partial charge in [-0.25, -0.2) is 4.79 Å². The number of urea groups is 1. The summed E-state index contributed by atoms with van der Waals surface area (Å²) >= 11 is 0.